The van der Waals surface area contributed by atoms with E-state index in [4.69, 9.17) is 4.42 Å². The molecule has 1 aliphatic rings. The smallest absolute Gasteiger partial charge is 0.308 e. The highest BCUT2D eigenvalue weighted by atomic mass is 79.9. The van der Waals surface area contributed by atoms with Gasteiger partial charge in [-0.3, -0.25) is 9.59 Å². The number of amides is 1. The molecular formula is C16H16BrNO4. The van der Waals surface area contributed by atoms with Gasteiger partial charge in [0.25, 0.3) is 5.91 Å². The first-order valence-electron chi connectivity index (χ1n) is 7.18. The first-order chi connectivity index (χ1) is 10.5. The van der Waals surface area contributed by atoms with E-state index in [1.54, 1.807) is 17.0 Å². The van der Waals surface area contributed by atoms with Gasteiger partial charge in [0.05, 0.1) is 5.92 Å². The largest absolute Gasteiger partial charge is 0.481 e. The minimum Gasteiger partial charge on any atom is -0.481 e. The maximum atomic E-state index is 12.7. The molecule has 1 N–H and O–H groups in total. The van der Waals surface area contributed by atoms with Crippen LogP contribution in [0.15, 0.2) is 33.2 Å². The second kappa shape index (κ2) is 5.76. The molecule has 3 rings (SSSR count). The van der Waals surface area contributed by atoms with Crippen LogP contribution in [0.2, 0.25) is 0 Å². The molecule has 2 atom stereocenters. The number of fused-ring (bicyclic) bond motifs is 1. The van der Waals surface area contributed by atoms with Gasteiger partial charge in [-0.1, -0.05) is 15.9 Å². The van der Waals surface area contributed by atoms with Crippen molar-refractivity contribution < 1.29 is 19.1 Å². The molecule has 1 aromatic carbocycles. The number of carbonyl (C=O) groups is 2. The number of carboxylic acid groups (broad SMARTS) is 1. The van der Waals surface area contributed by atoms with Crippen LogP contribution in [0.5, 0.6) is 0 Å². The predicted octanol–water partition coefficient (Wildman–Crippen LogP) is 3.52. The van der Waals surface area contributed by atoms with E-state index in [0.29, 0.717) is 18.4 Å². The molecule has 1 fully saturated rings. The topological polar surface area (TPSA) is 70.8 Å². The molecule has 1 amide bonds. The average Bonchev–Trinajstić information content (AvgIpc) is 2.89. The van der Waals surface area contributed by atoms with Crippen molar-refractivity contribution in [3.8, 4) is 0 Å². The van der Waals surface area contributed by atoms with Gasteiger partial charge in [0.1, 0.15) is 5.58 Å². The summed E-state index contributed by atoms with van der Waals surface area (Å²) in [6, 6.07) is 7.26. The fraction of sp³-hybridized carbons (Fsp3) is 0.375. The van der Waals surface area contributed by atoms with E-state index in [-0.39, 0.29) is 24.3 Å². The lowest BCUT2D eigenvalue weighted by molar-refractivity contribution is -0.143. The van der Waals surface area contributed by atoms with E-state index in [2.05, 4.69) is 15.9 Å². The average molecular weight is 366 g/mol. The van der Waals surface area contributed by atoms with Gasteiger partial charge in [-0.2, -0.15) is 0 Å². The van der Waals surface area contributed by atoms with Crippen LogP contribution >= 0.6 is 15.9 Å². The van der Waals surface area contributed by atoms with Crippen molar-refractivity contribution in [2.75, 3.05) is 6.54 Å². The normalized spacial score (nSPS) is 22.0. The summed E-state index contributed by atoms with van der Waals surface area (Å²) in [7, 11) is 0. The molecule has 0 bridgehead atoms. The molecule has 1 aliphatic heterocycles. The number of nitrogens with zero attached hydrogens (tertiary/aromatic N) is 1. The number of rotatable bonds is 2. The predicted molar refractivity (Wildman–Crippen MR) is 84.8 cm³/mol. The summed E-state index contributed by atoms with van der Waals surface area (Å²) < 4.78 is 6.54. The molecular weight excluding hydrogens is 350 g/mol. The minimum absolute atomic E-state index is 0.0167. The summed E-state index contributed by atoms with van der Waals surface area (Å²) in [6.07, 6.45) is 1.29. The Kier molecular flexibility index (Phi) is 3.95. The van der Waals surface area contributed by atoms with E-state index in [1.165, 1.54) is 0 Å². The molecule has 5 nitrogen and oxygen atoms in total. The highest BCUT2D eigenvalue weighted by Gasteiger charge is 2.34. The summed E-state index contributed by atoms with van der Waals surface area (Å²) in [4.78, 5) is 25.4. The van der Waals surface area contributed by atoms with E-state index >= 15 is 0 Å². The minimum atomic E-state index is -0.849. The SMILES string of the molecule is CC1CCC(C(=O)O)CN1C(=O)c1cc2cc(Br)ccc2o1. The van der Waals surface area contributed by atoms with Crippen molar-refractivity contribution in [3.63, 3.8) is 0 Å². The van der Waals surface area contributed by atoms with Crippen LogP contribution in [0.1, 0.15) is 30.3 Å². The Morgan fingerprint density at radius 3 is 2.82 bits per heavy atom. The van der Waals surface area contributed by atoms with E-state index in [9.17, 15) is 14.7 Å². The molecule has 0 radical (unpaired) electrons. The second-order valence-corrected chi connectivity index (χ2v) is 6.63. The number of aliphatic carboxylic acids is 1. The van der Waals surface area contributed by atoms with E-state index < -0.39 is 11.9 Å². The third-order valence-electron chi connectivity index (χ3n) is 4.18. The van der Waals surface area contributed by atoms with Crippen molar-refractivity contribution in [2.45, 2.75) is 25.8 Å². The summed E-state index contributed by atoms with van der Waals surface area (Å²) in [5, 5.41) is 10.0. The van der Waals surface area contributed by atoms with Gasteiger partial charge in [0, 0.05) is 22.4 Å². The van der Waals surface area contributed by atoms with Gasteiger partial charge in [0.15, 0.2) is 5.76 Å². The summed E-state index contributed by atoms with van der Waals surface area (Å²) in [5.41, 5.74) is 0.644. The van der Waals surface area contributed by atoms with Gasteiger partial charge >= 0.3 is 5.97 Å². The Labute approximate surface area is 136 Å². The third-order valence-corrected chi connectivity index (χ3v) is 4.67. The standard InChI is InChI=1S/C16H16BrNO4/c1-9-2-3-10(16(20)21)8-18(9)15(19)14-7-11-6-12(17)4-5-13(11)22-14/h4-7,9-10H,2-3,8H2,1H3,(H,20,21). The summed E-state index contributed by atoms with van der Waals surface area (Å²) in [6.45, 7) is 2.17. The Hall–Kier alpha value is -1.82. The van der Waals surface area contributed by atoms with Crippen molar-refractivity contribution in [1.82, 2.24) is 4.90 Å². The van der Waals surface area contributed by atoms with Gasteiger partial charge < -0.3 is 14.4 Å². The maximum Gasteiger partial charge on any atom is 0.308 e. The van der Waals surface area contributed by atoms with Crippen LogP contribution in [0, 0.1) is 5.92 Å². The number of benzene rings is 1. The van der Waals surface area contributed by atoms with Crippen LogP contribution < -0.4 is 0 Å². The van der Waals surface area contributed by atoms with Crippen LogP contribution in [0.3, 0.4) is 0 Å². The molecule has 6 heteroatoms. The van der Waals surface area contributed by atoms with Crippen molar-refractivity contribution in [1.29, 1.82) is 0 Å². The zero-order valence-corrected chi connectivity index (χ0v) is 13.7. The number of hydrogen-bond donors (Lipinski definition) is 1. The number of halogens is 1. The van der Waals surface area contributed by atoms with Crippen LogP contribution in [-0.4, -0.2) is 34.5 Å². The molecule has 2 unspecified atom stereocenters. The van der Waals surface area contributed by atoms with Crippen LogP contribution in [0.4, 0.5) is 0 Å². The Morgan fingerprint density at radius 1 is 1.32 bits per heavy atom. The molecule has 22 heavy (non-hydrogen) atoms. The van der Waals surface area contributed by atoms with Crippen LogP contribution in [0.25, 0.3) is 11.0 Å². The number of hydrogen-bond acceptors (Lipinski definition) is 3. The van der Waals surface area contributed by atoms with Crippen molar-refractivity contribution in [2.24, 2.45) is 5.92 Å². The Balaban J connectivity index is 1.88. The first-order valence-corrected chi connectivity index (χ1v) is 7.98. The number of piperidine rings is 1. The lowest BCUT2D eigenvalue weighted by atomic mass is 9.93. The number of likely N-dealkylation sites (tertiary alicyclic amines) is 1. The Morgan fingerprint density at radius 2 is 2.09 bits per heavy atom. The molecule has 0 saturated carbocycles. The highest BCUT2D eigenvalue weighted by molar-refractivity contribution is 9.10. The molecule has 116 valence electrons. The maximum absolute atomic E-state index is 12.7. The molecule has 0 spiro atoms. The summed E-state index contributed by atoms with van der Waals surface area (Å²) in [5.74, 6) is -1.34. The van der Waals surface area contributed by atoms with Gasteiger partial charge in [-0.25, -0.2) is 0 Å². The second-order valence-electron chi connectivity index (χ2n) is 5.71. The lowest BCUT2D eigenvalue weighted by Crippen LogP contribution is -2.47. The molecule has 0 aliphatic carbocycles. The van der Waals surface area contributed by atoms with Crippen LogP contribution in [-0.2, 0) is 4.79 Å². The number of carboxylic acids is 1. The zero-order valence-electron chi connectivity index (χ0n) is 12.1. The zero-order chi connectivity index (χ0) is 15.9. The quantitative estimate of drug-likeness (QED) is 0.883. The van der Waals surface area contributed by atoms with Gasteiger partial charge in [-0.05, 0) is 44.0 Å². The number of furan rings is 1. The lowest BCUT2D eigenvalue weighted by Gasteiger charge is -2.35. The van der Waals surface area contributed by atoms with Gasteiger partial charge in [-0.15, -0.1) is 0 Å². The fourth-order valence-electron chi connectivity index (χ4n) is 2.85. The fourth-order valence-corrected chi connectivity index (χ4v) is 3.23. The van der Waals surface area contributed by atoms with Crippen molar-refractivity contribution in [3.05, 3.63) is 34.5 Å². The van der Waals surface area contributed by atoms with Gasteiger partial charge in [0.2, 0.25) is 0 Å². The molecule has 2 aromatic rings. The highest BCUT2D eigenvalue weighted by Crippen LogP contribution is 2.27. The first kappa shape index (κ1) is 15.1. The number of carbonyl (C=O) groups excluding carboxylic acids is 1. The van der Waals surface area contributed by atoms with Crippen molar-refractivity contribution >= 4 is 38.8 Å². The molecule has 1 aromatic heterocycles. The van der Waals surface area contributed by atoms with E-state index in [0.717, 1.165) is 9.86 Å². The van der Waals surface area contributed by atoms with E-state index in [1.807, 2.05) is 19.1 Å². The monoisotopic (exact) mass is 365 g/mol. The Bertz CT molecular complexity index is 739. The molecule has 1 saturated heterocycles. The third kappa shape index (κ3) is 2.75. The molecule has 2 heterocycles. The summed E-state index contributed by atoms with van der Waals surface area (Å²) >= 11 is 3.39.